The van der Waals surface area contributed by atoms with Crippen LogP contribution in [0.1, 0.15) is 49.2 Å². The van der Waals surface area contributed by atoms with Crippen LogP contribution >= 0.6 is 0 Å². The topological polar surface area (TPSA) is 49.9 Å². The molecule has 0 radical (unpaired) electrons. The average Bonchev–Trinajstić information content (AvgIpc) is 3.01. The minimum absolute atomic E-state index is 0.254. The molecule has 3 rings (SSSR count). The third kappa shape index (κ3) is 1.99. The lowest BCUT2D eigenvalue weighted by Crippen LogP contribution is -2.35. The van der Waals surface area contributed by atoms with Crippen LogP contribution in [0.25, 0.3) is 0 Å². The minimum atomic E-state index is 0.254. The van der Waals surface area contributed by atoms with Crippen LogP contribution in [0.15, 0.2) is 6.20 Å². The van der Waals surface area contributed by atoms with Crippen molar-refractivity contribution in [3.8, 4) is 0 Å². The van der Waals surface area contributed by atoms with Crippen LogP contribution in [0.4, 0.5) is 0 Å². The first-order valence-corrected chi connectivity index (χ1v) is 6.29. The zero-order valence-electron chi connectivity index (χ0n) is 9.54. The van der Waals surface area contributed by atoms with E-state index in [0.717, 1.165) is 25.6 Å². The summed E-state index contributed by atoms with van der Waals surface area (Å²) in [6.07, 6.45) is 7.38. The van der Waals surface area contributed by atoms with Crippen LogP contribution in [-0.2, 0) is 4.74 Å². The summed E-state index contributed by atoms with van der Waals surface area (Å²) in [7, 11) is 0. The molecule has 1 atom stereocenters. The Balaban J connectivity index is 1.71. The average molecular weight is 221 g/mol. The third-order valence-electron chi connectivity index (χ3n) is 3.66. The summed E-state index contributed by atoms with van der Waals surface area (Å²) in [6, 6.07) is 0.254. The molecule has 1 unspecified atom stereocenters. The van der Waals surface area contributed by atoms with Crippen LogP contribution in [0.3, 0.4) is 0 Å². The molecule has 1 saturated heterocycles. The Morgan fingerprint density at radius 1 is 1.31 bits per heavy atom. The molecule has 88 valence electrons. The second-order valence-corrected chi connectivity index (χ2v) is 4.79. The van der Waals surface area contributed by atoms with Crippen molar-refractivity contribution in [1.29, 1.82) is 0 Å². The first-order chi connectivity index (χ1) is 7.93. The molecule has 0 bridgehead atoms. The highest BCUT2D eigenvalue weighted by atomic mass is 16.5. The quantitative estimate of drug-likeness (QED) is 0.799. The summed E-state index contributed by atoms with van der Waals surface area (Å²) < 4.78 is 5.45. The van der Waals surface area contributed by atoms with Gasteiger partial charge in [-0.1, -0.05) is 12.8 Å². The Morgan fingerprint density at radius 2 is 2.19 bits per heavy atom. The second kappa shape index (κ2) is 4.55. The second-order valence-electron chi connectivity index (χ2n) is 4.79. The van der Waals surface area contributed by atoms with Gasteiger partial charge in [-0.3, -0.25) is 0 Å². The fraction of sp³-hybridized carbons (Fsp3) is 0.750. The molecule has 1 aliphatic heterocycles. The van der Waals surface area contributed by atoms with Gasteiger partial charge >= 0.3 is 0 Å². The number of aromatic amines is 1. The number of rotatable bonds is 2. The Labute approximate surface area is 95.8 Å². The van der Waals surface area contributed by atoms with E-state index in [-0.39, 0.29) is 6.04 Å². The highest BCUT2D eigenvalue weighted by Gasteiger charge is 2.22. The van der Waals surface area contributed by atoms with Gasteiger partial charge in [0.2, 0.25) is 0 Å². The molecule has 1 aliphatic carbocycles. The van der Waals surface area contributed by atoms with Gasteiger partial charge in [0.05, 0.1) is 19.3 Å². The molecule has 2 fully saturated rings. The Morgan fingerprint density at radius 3 is 2.94 bits per heavy atom. The Kier molecular flexibility index (Phi) is 2.93. The van der Waals surface area contributed by atoms with Crippen molar-refractivity contribution >= 4 is 0 Å². The first-order valence-electron chi connectivity index (χ1n) is 6.29. The highest BCUT2D eigenvalue weighted by molar-refractivity contribution is 5.11. The predicted octanol–water partition coefficient (Wildman–Crippen LogP) is 1.73. The normalized spacial score (nSPS) is 27.4. The van der Waals surface area contributed by atoms with Gasteiger partial charge in [0, 0.05) is 24.4 Å². The van der Waals surface area contributed by atoms with Crippen molar-refractivity contribution < 1.29 is 4.74 Å². The van der Waals surface area contributed by atoms with Crippen LogP contribution in [0.2, 0.25) is 0 Å². The summed E-state index contributed by atoms with van der Waals surface area (Å²) in [5.41, 5.74) is 1.32. The van der Waals surface area contributed by atoms with Gasteiger partial charge < -0.3 is 15.0 Å². The summed E-state index contributed by atoms with van der Waals surface area (Å²) in [4.78, 5) is 7.96. The predicted molar refractivity (Wildman–Crippen MR) is 61.4 cm³/mol. The number of H-pyrrole nitrogens is 1. The maximum atomic E-state index is 5.45. The first kappa shape index (κ1) is 10.3. The number of nitrogens with one attached hydrogen (secondary N) is 2. The molecule has 4 nitrogen and oxygen atoms in total. The largest absolute Gasteiger partial charge is 0.378 e. The van der Waals surface area contributed by atoms with E-state index in [1.807, 2.05) is 6.20 Å². The van der Waals surface area contributed by atoms with Crippen molar-refractivity contribution in [2.24, 2.45) is 0 Å². The monoisotopic (exact) mass is 221 g/mol. The fourth-order valence-corrected chi connectivity index (χ4v) is 2.71. The zero-order chi connectivity index (χ0) is 10.8. The van der Waals surface area contributed by atoms with Crippen LogP contribution in [-0.4, -0.2) is 29.7 Å². The third-order valence-corrected chi connectivity index (χ3v) is 3.66. The SMILES string of the molecule is c1nc(C2COCCN2)[nH]c1C1CCCC1. The number of hydrogen-bond donors (Lipinski definition) is 2. The summed E-state index contributed by atoms with van der Waals surface area (Å²) >= 11 is 0. The van der Waals surface area contributed by atoms with E-state index in [2.05, 4.69) is 15.3 Å². The molecule has 2 aliphatic rings. The van der Waals surface area contributed by atoms with Gasteiger partial charge in [-0.2, -0.15) is 0 Å². The molecule has 2 heterocycles. The molecule has 0 amide bonds. The van der Waals surface area contributed by atoms with Gasteiger partial charge in [0.15, 0.2) is 0 Å². The Bertz CT molecular complexity index is 338. The van der Waals surface area contributed by atoms with Crippen molar-refractivity contribution in [2.45, 2.75) is 37.6 Å². The smallest absolute Gasteiger partial charge is 0.125 e. The lowest BCUT2D eigenvalue weighted by molar-refractivity contribution is 0.0744. The van der Waals surface area contributed by atoms with Crippen LogP contribution < -0.4 is 5.32 Å². The zero-order valence-corrected chi connectivity index (χ0v) is 9.54. The number of hydrogen-bond acceptors (Lipinski definition) is 3. The summed E-state index contributed by atoms with van der Waals surface area (Å²) in [5.74, 6) is 1.76. The van der Waals surface area contributed by atoms with Crippen molar-refractivity contribution in [2.75, 3.05) is 19.8 Å². The van der Waals surface area contributed by atoms with E-state index in [4.69, 9.17) is 4.74 Å². The standard InChI is InChI=1S/C12H19N3O/c1-2-4-9(3-1)10-7-14-12(15-10)11-8-16-6-5-13-11/h7,9,11,13H,1-6,8H2,(H,14,15). The Hall–Kier alpha value is -0.870. The molecule has 1 aromatic heterocycles. The molecule has 0 spiro atoms. The van der Waals surface area contributed by atoms with E-state index < -0.39 is 0 Å². The summed E-state index contributed by atoms with van der Waals surface area (Å²) in [5, 5.41) is 3.42. The summed E-state index contributed by atoms with van der Waals surface area (Å²) in [6.45, 7) is 2.47. The molecule has 16 heavy (non-hydrogen) atoms. The number of morpholine rings is 1. The maximum absolute atomic E-state index is 5.45. The molecule has 1 aromatic rings. The van der Waals surface area contributed by atoms with Gasteiger partial charge in [-0.25, -0.2) is 4.98 Å². The van der Waals surface area contributed by atoms with E-state index >= 15 is 0 Å². The molecule has 1 saturated carbocycles. The van der Waals surface area contributed by atoms with Crippen LogP contribution in [0, 0.1) is 0 Å². The van der Waals surface area contributed by atoms with E-state index in [0.29, 0.717) is 5.92 Å². The lowest BCUT2D eigenvalue weighted by Gasteiger charge is -2.21. The van der Waals surface area contributed by atoms with Crippen LogP contribution in [0.5, 0.6) is 0 Å². The molecule has 0 aromatic carbocycles. The van der Waals surface area contributed by atoms with Gasteiger partial charge in [-0.15, -0.1) is 0 Å². The number of imidazole rings is 1. The van der Waals surface area contributed by atoms with Crippen molar-refractivity contribution in [1.82, 2.24) is 15.3 Å². The molecular weight excluding hydrogens is 202 g/mol. The van der Waals surface area contributed by atoms with Gasteiger partial charge in [-0.05, 0) is 12.8 Å². The molecule has 2 N–H and O–H groups in total. The van der Waals surface area contributed by atoms with Crippen molar-refractivity contribution in [3.63, 3.8) is 0 Å². The number of aromatic nitrogens is 2. The number of ether oxygens (including phenoxy) is 1. The van der Waals surface area contributed by atoms with Crippen molar-refractivity contribution in [3.05, 3.63) is 17.7 Å². The number of nitrogens with zero attached hydrogens (tertiary/aromatic N) is 1. The van der Waals surface area contributed by atoms with E-state index in [9.17, 15) is 0 Å². The molecular formula is C12H19N3O. The highest BCUT2D eigenvalue weighted by Crippen LogP contribution is 2.33. The van der Waals surface area contributed by atoms with E-state index in [1.165, 1.54) is 31.4 Å². The van der Waals surface area contributed by atoms with E-state index in [1.54, 1.807) is 0 Å². The van der Waals surface area contributed by atoms with Gasteiger partial charge in [0.25, 0.3) is 0 Å². The lowest BCUT2D eigenvalue weighted by atomic mass is 10.1. The maximum Gasteiger partial charge on any atom is 0.125 e. The van der Waals surface area contributed by atoms with Gasteiger partial charge in [0.1, 0.15) is 5.82 Å². The molecule has 4 heteroatoms. The fourth-order valence-electron chi connectivity index (χ4n) is 2.71. The minimum Gasteiger partial charge on any atom is -0.378 e.